The second kappa shape index (κ2) is 6.45. The lowest BCUT2D eigenvalue weighted by Crippen LogP contribution is -2.22. The van der Waals surface area contributed by atoms with Gasteiger partial charge in [0.15, 0.2) is 0 Å². The van der Waals surface area contributed by atoms with Gasteiger partial charge in [-0.05, 0) is 43.9 Å². The van der Waals surface area contributed by atoms with Crippen LogP contribution in [0.15, 0.2) is 23.4 Å². The molecule has 0 saturated heterocycles. The lowest BCUT2D eigenvalue weighted by molar-refractivity contribution is -0.126. The van der Waals surface area contributed by atoms with E-state index in [1.807, 2.05) is 32.0 Å². The molecule has 0 spiro atoms. The topological polar surface area (TPSA) is 55.7 Å². The Labute approximate surface area is 114 Å². The molecule has 0 atom stereocenters. The summed E-state index contributed by atoms with van der Waals surface area (Å²) in [5.41, 5.74) is 1.55. The molecular formula is C15H21NO3. The number of amides is 1. The molecule has 0 radical (unpaired) electrons. The molecular weight excluding hydrogens is 242 g/mol. The Morgan fingerprint density at radius 1 is 1.32 bits per heavy atom. The number of aryl methyl sites for hydroxylation is 2. The fourth-order valence-corrected chi connectivity index (χ4v) is 1.79. The zero-order valence-corrected chi connectivity index (χ0v) is 12.0. The first-order valence-corrected chi connectivity index (χ1v) is 6.44. The van der Waals surface area contributed by atoms with Crippen molar-refractivity contribution in [1.29, 1.82) is 0 Å². The molecule has 0 fully saturated rings. The van der Waals surface area contributed by atoms with Gasteiger partial charge in [-0.15, -0.1) is 4.91 Å². The van der Waals surface area contributed by atoms with Gasteiger partial charge in [0.1, 0.15) is 5.75 Å². The second-order valence-corrected chi connectivity index (χ2v) is 5.50. The predicted octanol–water partition coefficient (Wildman–Crippen LogP) is 3.78. The second-order valence-electron chi connectivity index (χ2n) is 5.50. The van der Waals surface area contributed by atoms with Crippen LogP contribution in [-0.2, 0) is 4.79 Å². The molecule has 1 rings (SSSR count). The number of benzene rings is 1. The van der Waals surface area contributed by atoms with Crippen molar-refractivity contribution < 1.29 is 9.53 Å². The first-order valence-electron chi connectivity index (χ1n) is 6.44. The standard InChI is InChI=1S/C15H21NO3/c1-11-6-7-12(2)13(10-11)19-9-5-8-15(3,4)14(17)16-18/h6-7,10H,5,8-9H2,1-4H3. The van der Waals surface area contributed by atoms with E-state index in [4.69, 9.17) is 4.74 Å². The SMILES string of the molecule is Cc1ccc(C)c(OCCCC(C)(C)C(=O)N=O)c1. The third kappa shape index (κ3) is 4.47. The van der Waals surface area contributed by atoms with Crippen LogP contribution in [0.5, 0.6) is 5.75 Å². The average Bonchev–Trinajstić information content (AvgIpc) is 2.37. The average molecular weight is 263 g/mol. The van der Waals surface area contributed by atoms with Gasteiger partial charge in [-0.1, -0.05) is 26.0 Å². The summed E-state index contributed by atoms with van der Waals surface area (Å²) in [6.07, 6.45) is 1.30. The summed E-state index contributed by atoms with van der Waals surface area (Å²) in [7, 11) is 0. The Morgan fingerprint density at radius 3 is 2.63 bits per heavy atom. The summed E-state index contributed by atoms with van der Waals surface area (Å²) in [6, 6.07) is 6.06. The van der Waals surface area contributed by atoms with Gasteiger partial charge in [0.05, 0.1) is 6.61 Å². The van der Waals surface area contributed by atoms with Crippen LogP contribution in [0.1, 0.15) is 37.8 Å². The van der Waals surface area contributed by atoms with E-state index in [-0.39, 0.29) is 0 Å². The van der Waals surface area contributed by atoms with Crippen molar-refractivity contribution >= 4 is 5.91 Å². The fraction of sp³-hybridized carbons (Fsp3) is 0.533. The Morgan fingerprint density at radius 2 is 2.00 bits per heavy atom. The molecule has 1 aromatic carbocycles. The van der Waals surface area contributed by atoms with Crippen molar-refractivity contribution in [1.82, 2.24) is 0 Å². The molecule has 0 unspecified atom stereocenters. The number of ether oxygens (including phenoxy) is 1. The first kappa shape index (κ1) is 15.3. The highest BCUT2D eigenvalue weighted by Gasteiger charge is 2.27. The summed E-state index contributed by atoms with van der Waals surface area (Å²) < 4.78 is 5.71. The smallest absolute Gasteiger partial charge is 0.291 e. The van der Waals surface area contributed by atoms with Crippen LogP contribution in [0, 0.1) is 24.2 Å². The van der Waals surface area contributed by atoms with E-state index < -0.39 is 11.3 Å². The van der Waals surface area contributed by atoms with Gasteiger partial charge in [0, 0.05) is 10.6 Å². The molecule has 0 aromatic heterocycles. The summed E-state index contributed by atoms with van der Waals surface area (Å²) >= 11 is 0. The van der Waals surface area contributed by atoms with Crippen molar-refractivity contribution in [2.75, 3.05) is 6.61 Å². The largest absolute Gasteiger partial charge is 0.493 e. The van der Waals surface area contributed by atoms with E-state index in [1.54, 1.807) is 13.8 Å². The van der Waals surface area contributed by atoms with Crippen molar-refractivity contribution in [2.45, 2.75) is 40.5 Å². The number of rotatable bonds is 6. The highest BCUT2D eigenvalue weighted by molar-refractivity contribution is 5.82. The molecule has 19 heavy (non-hydrogen) atoms. The molecule has 4 heteroatoms. The van der Waals surface area contributed by atoms with Gasteiger partial charge in [0.25, 0.3) is 5.91 Å². The Bertz CT molecular complexity index is 466. The molecule has 4 nitrogen and oxygen atoms in total. The molecule has 0 aliphatic rings. The number of hydrogen-bond acceptors (Lipinski definition) is 3. The molecule has 0 bridgehead atoms. The van der Waals surface area contributed by atoms with Crippen LogP contribution in [-0.4, -0.2) is 12.5 Å². The maximum Gasteiger partial charge on any atom is 0.291 e. The minimum atomic E-state index is -0.702. The highest BCUT2D eigenvalue weighted by Crippen LogP contribution is 2.25. The van der Waals surface area contributed by atoms with Gasteiger partial charge in [-0.25, -0.2) is 0 Å². The van der Waals surface area contributed by atoms with Crippen LogP contribution in [0.25, 0.3) is 0 Å². The summed E-state index contributed by atoms with van der Waals surface area (Å²) in [6.45, 7) is 8.01. The predicted molar refractivity (Wildman–Crippen MR) is 75.2 cm³/mol. The molecule has 104 valence electrons. The molecule has 1 amide bonds. The number of hydrogen-bond donors (Lipinski definition) is 0. The van der Waals surface area contributed by atoms with Crippen molar-refractivity contribution in [3.63, 3.8) is 0 Å². The Hall–Kier alpha value is -1.71. The van der Waals surface area contributed by atoms with Crippen LogP contribution in [0.4, 0.5) is 0 Å². The molecule has 0 saturated carbocycles. The van der Waals surface area contributed by atoms with E-state index in [1.165, 1.54) is 0 Å². The third-order valence-corrected chi connectivity index (χ3v) is 3.21. The van der Waals surface area contributed by atoms with Crippen LogP contribution < -0.4 is 4.74 Å². The van der Waals surface area contributed by atoms with E-state index in [9.17, 15) is 9.70 Å². The monoisotopic (exact) mass is 263 g/mol. The first-order chi connectivity index (χ1) is 8.86. The Balaban J connectivity index is 2.45. The number of carbonyl (C=O) groups excluding carboxylic acids is 1. The van der Waals surface area contributed by atoms with Crippen molar-refractivity contribution in [3.8, 4) is 5.75 Å². The van der Waals surface area contributed by atoms with Crippen LogP contribution >= 0.6 is 0 Å². The minimum Gasteiger partial charge on any atom is -0.493 e. The maximum absolute atomic E-state index is 11.3. The van der Waals surface area contributed by atoms with Gasteiger partial charge in [-0.3, -0.25) is 4.79 Å². The van der Waals surface area contributed by atoms with Gasteiger partial charge in [0.2, 0.25) is 0 Å². The van der Waals surface area contributed by atoms with Crippen molar-refractivity contribution in [3.05, 3.63) is 34.2 Å². The normalized spacial score (nSPS) is 11.2. The molecule has 0 N–H and O–H groups in total. The molecule has 0 aliphatic heterocycles. The van der Waals surface area contributed by atoms with Gasteiger partial charge < -0.3 is 4.74 Å². The van der Waals surface area contributed by atoms with Crippen molar-refractivity contribution in [2.24, 2.45) is 10.6 Å². The van der Waals surface area contributed by atoms with Gasteiger partial charge >= 0.3 is 0 Å². The lowest BCUT2D eigenvalue weighted by atomic mass is 9.87. The highest BCUT2D eigenvalue weighted by atomic mass is 16.5. The van der Waals surface area contributed by atoms with E-state index in [0.717, 1.165) is 16.9 Å². The summed E-state index contributed by atoms with van der Waals surface area (Å²) in [5.74, 6) is 0.275. The maximum atomic E-state index is 11.3. The molecule has 0 aliphatic carbocycles. The summed E-state index contributed by atoms with van der Waals surface area (Å²) in [5, 5.41) is 2.49. The zero-order valence-electron chi connectivity index (χ0n) is 12.0. The zero-order chi connectivity index (χ0) is 14.5. The minimum absolute atomic E-state index is 0.528. The van der Waals surface area contributed by atoms with E-state index >= 15 is 0 Å². The number of nitrogens with zero attached hydrogens (tertiary/aromatic N) is 1. The molecule has 0 heterocycles. The molecule has 1 aromatic rings. The number of nitroso groups, excluding NO2 is 1. The number of carbonyl (C=O) groups is 1. The Kier molecular flexibility index (Phi) is 5.21. The van der Waals surface area contributed by atoms with E-state index in [0.29, 0.717) is 19.4 Å². The van der Waals surface area contributed by atoms with E-state index in [2.05, 4.69) is 5.18 Å². The quantitative estimate of drug-likeness (QED) is 0.579. The van der Waals surface area contributed by atoms with Crippen LogP contribution in [0.3, 0.4) is 0 Å². The summed E-state index contributed by atoms with van der Waals surface area (Å²) in [4.78, 5) is 21.5. The van der Waals surface area contributed by atoms with Crippen LogP contribution in [0.2, 0.25) is 0 Å². The third-order valence-electron chi connectivity index (χ3n) is 3.21. The van der Waals surface area contributed by atoms with Gasteiger partial charge in [-0.2, -0.15) is 0 Å². The lowest BCUT2D eigenvalue weighted by Gasteiger charge is -2.18. The fourth-order valence-electron chi connectivity index (χ4n) is 1.79.